The van der Waals surface area contributed by atoms with Crippen molar-refractivity contribution in [3.63, 3.8) is 0 Å². The smallest absolute Gasteiger partial charge is 0.0489 e. The van der Waals surface area contributed by atoms with Gasteiger partial charge in [-0.3, -0.25) is 0 Å². The largest absolute Gasteiger partial charge is 0.398 e. The molecular weight excluding hydrogens is 625 g/mol. The summed E-state index contributed by atoms with van der Waals surface area (Å²) in [6.45, 7) is 21.0. The molecule has 1 heterocycles. The van der Waals surface area contributed by atoms with Gasteiger partial charge in [-0.15, -0.1) is 11.3 Å². The van der Waals surface area contributed by atoms with Gasteiger partial charge in [-0.25, -0.2) is 0 Å². The lowest BCUT2D eigenvalue weighted by Gasteiger charge is -2.16. The fourth-order valence-corrected chi connectivity index (χ4v) is 7.09. The Kier molecular flexibility index (Phi) is 16.0. The van der Waals surface area contributed by atoms with Crippen LogP contribution in [0.3, 0.4) is 0 Å². The lowest BCUT2D eigenvalue weighted by atomic mass is 9.90. The Morgan fingerprint density at radius 2 is 1.38 bits per heavy atom. The van der Waals surface area contributed by atoms with Crippen molar-refractivity contribution in [2.24, 2.45) is 17.4 Å². The molecule has 4 aromatic carbocycles. The maximum Gasteiger partial charge on any atom is 0.0489 e. The zero-order chi connectivity index (χ0) is 36.6. The Balaban J connectivity index is 0.000000249. The third-order valence-electron chi connectivity index (χ3n) is 8.06. The van der Waals surface area contributed by atoms with Crippen molar-refractivity contribution in [2.75, 3.05) is 0 Å². The molecule has 0 saturated heterocycles. The lowest BCUT2D eigenvalue weighted by Crippen LogP contribution is -2.18. The maximum atomic E-state index is 6.18. The molecule has 0 spiro atoms. The SMILES string of the molecule is C=C(/C=C(/c1cccc2c1sc1ccccc12)C(C)C)C1=CC=CC1N.CC.CCC.C\C=C/C(N)=C(/C=C\C)c1cccc2ccccc12. The van der Waals surface area contributed by atoms with E-state index < -0.39 is 0 Å². The van der Waals surface area contributed by atoms with Gasteiger partial charge in [0.2, 0.25) is 0 Å². The first-order valence-corrected chi connectivity index (χ1v) is 18.8. The molecule has 260 valence electrons. The highest BCUT2D eigenvalue weighted by atomic mass is 32.1. The van der Waals surface area contributed by atoms with E-state index in [-0.39, 0.29) is 6.04 Å². The van der Waals surface area contributed by atoms with E-state index in [1.807, 2.05) is 69.4 Å². The van der Waals surface area contributed by atoms with Crippen LogP contribution in [0.5, 0.6) is 0 Å². The van der Waals surface area contributed by atoms with Crippen LogP contribution in [0.2, 0.25) is 0 Å². The minimum Gasteiger partial charge on any atom is -0.398 e. The quantitative estimate of drug-likeness (QED) is 0.168. The third kappa shape index (κ3) is 9.72. The van der Waals surface area contributed by atoms with Gasteiger partial charge in [-0.1, -0.05) is 176 Å². The Labute approximate surface area is 305 Å². The highest BCUT2D eigenvalue weighted by Crippen LogP contribution is 2.40. The van der Waals surface area contributed by atoms with Crippen LogP contribution < -0.4 is 11.5 Å². The molecule has 1 atom stereocenters. The number of hydrogen-bond donors (Lipinski definition) is 2. The van der Waals surface area contributed by atoms with Gasteiger partial charge in [-0.2, -0.15) is 0 Å². The second-order valence-corrected chi connectivity index (χ2v) is 13.2. The number of allylic oxidation sites excluding steroid dienone is 9. The standard InChI is InChI=1S/C24H23NS.C18H19N.C3H8.C2H6/c1-15(2)21(14-16(3)17-9-7-12-22(17)25)20-11-6-10-19-18-8-4-5-13-23(18)26-24(19)20;1-3-8-17(18(19)9-4-2)16-13-7-11-14-10-5-6-12-15(14)16;1-3-2;1-2/h4-15,22H,3,25H2,1-2H3;3-13H,19H2,1-2H3;3H2,1-2H3;1-2H3/b21-14+;8-3-,9-4-,18-17+;;. The summed E-state index contributed by atoms with van der Waals surface area (Å²) in [5.74, 6) is 0.397. The van der Waals surface area contributed by atoms with E-state index in [9.17, 15) is 0 Å². The molecule has 0 radical (unpaired) electrons. The first-order valence-electron chi connectivity index (χ1n) is 17.9. The fraction of sp³-hybridized carbons (Fsp3) is 0.234. The molecule has 0 amide bonds. The molecule has 0 saturated carbocycles. The summed E-state index contributed by atoms with van der Waals surface area (Å²) in [4.78, 5) is 0. The molecule has 1 aliphatic carbocycles. The van der Waals surface area contributed by atoms with Crippen molar-refractivity contribution in [2.45, 2.75) is 67.9 Å². The normalized spacial score (nSPS) is 14.6. The Hall–Kier alpha value is -4.70. The topological polar surface area (TPSA) is 52.0 Å². The van der Waals surface area contributed by atoms with E-state index >= 15 is 0 Å². The van der Waals surface area contributed by atoms with Crippen molar-refractivity contribution in [3.8, 4) is 0 Å². The number of nitrogens with two attached hydrogens (primary N) is 2. The van der Waals surface area contributed by atoms with Crippen molar-refractivity contribution in [1.82, 2.24) is 0 Å². The van der Waals surface area contributed by atoms with Crippen molar-refractivity contribution in [3.05, 3.63) is 168 Å². The molecule has 3 heteroatoms. The number of rotatable bonds is 7. The molecule has 50 heavy (non-hydrogen) atoms. The Morgan fingerprint density at radius 1 is 0.800 bits per heavy atom. The van der Waals surface area contributed by atoms with Crippen LogP contribution in [0, 0.1) is 5.92 Å². The highest BCUT2D eigenvalue weighted by molar-refractivity contribution is 7.26. The summed E-state index contributed by atoms with van der Waals surface area (Å²) < 4.78 is 2.69. The minimum absolute atomic E-state index is 0.0488. The van der Waals surface area contributed by atoms with E-state index in [0.29, 0.717) is 5.92 Å². The third-order valence-corrected chi connectivity index (χ3v) is 9.28. The fourth-order valence-electron chi connectivity index (χ4n) is 5.85. The van der Waals surface area contributed by atoms with Crippen LogP contribution in [0.1, 0.15) is 72.9 Å². The van der Waals surface area contributed by atoms with E-state index in [1.54, 1.807) is 0 Å². The zero-order valence-electron chi connectivity index (χ0n) is 31.3. The number of benzene rings is 4. The van der Waals surface area contributed by atoms with Crippen LogP contribution in [0.4, 0.5) is 0 Å². The molecule has 5 aromatic rings. The van der Waals surface area contributed by atoms with Crippen LogP contribution in [-0.2, 0) is 0 Å². The van der Waals surface area contributed by atoms with Crippen molar-refractivity contribution >= 4 is 53.4 Å². The summed E-state index contributed by atoms with van der Waals surface area (Å²) in [5, 5.41) is 5.13. The molecule has 2 nitrogen and oxygen atoms in total. The van der Waals surface area contributed by atoms with Gasteiger partial charge in [0.15, 0.2) is 0 Å². The monoisotopic (exact) mass is 680 g/mol. The van der Waals surface area contributed by atoms with E-state index in [4.69, 9.17) is 11.5 Å². The zero-order valence-corrected chi connectivity index (χ0v) is 32.2. The van der Waals surface area contributed by atoms with E-state index in [1.165, 1.54) is 54.1 Å². The minimum atomic E-state index is -0.0488. The van der Waals surface area contributed by atoms with Crippen LogP contribution in [0.15, 0.2) is 157 Å². The van der Waals surface area contributed by atoms with Gasteiger partial charge < -0.3 is 11.5 Å². The predicted octanol–water partition coefficient (Wildman–Crippen LogP) is 13.6. The Bertz CT molecular complexity index is 2050. The molecular formula is C47H56N2S. The summed E-state index contributed by atoms with van der Waals surface area (Å²) >= 11 is 1.87. The summed E-state index contributed by atoms with van der Waals surface area (Å²) in [6, 6.07) is 29.9. The molecule has 6 rings (SSSR count). The molecule has 0 bridgehead atoms. The highest BCUT2D eigenvalue weighted by Gasteiger charge is 2.17. The molecule has 4 N–H and O–H groups in total. The van der Waals surface area contributed by atoms with Crippen molar-refractivity contribution < 1.29 is 0 Å². The molecule has 1 aliphatic rings. The molecule has 1 unspecified atom stereocenters. The van der Waals surface area contributed by atoms with Crippen molar-refractivity contribution in [1.29, 1.82) is 0 Å². The van der Waals surface area contributed by atoms with Crippen LogP contribution in [0.25, 0.3) is 42.1 Å². The first kappa shape index (κ1) is 39.7. The van der Waals surface area contributed by atoms with Crippen LogP contribution >= 0.6 is 11.3 Å². The predicted molar refractivity (Wildman–Crippen MR) is 228 cm³/mol. The van der Waals surface area contributed by atoms with Gasteiger partial charge in [0.05, 0.1) is 0 Å². The van der Waals surface area contributed by atoms with Gasteiger partial charge >= 0.3 is 0 Å². The van der Waals surface area contributed by atoms with Crippen LogP contribution in [-0.4, -0.2) is 6.04 Å². The maximum absolute atomic E-state index is 6.18. The number of thiophene rings is 1. The number of hydrogen-bond acceptors (Lipinski definition) is 3. The second kappa shape index (κ2) is 20.1. The van der Waals surface area contributed by atoms with Gasteiger partial charge in [0.25, 0.3) is 0 Å². The molecule has 1 aromatic heterocycles. The Morgan fingerprint density at radius 3 is 2.02 bits per heavy atom. The first-order chi connectivity index (χ1) is 24.2. The molecule has 0 aliphatic heterocycles. The van der Waals surface area contributed by atoms with Gasteiger partial charge in [0, 0.05) is 37.5 Å². The van der Waals surface area contributed by atoms with Gasteiger partial charge in [0.1, 0.15) is 0 Å². The van der Waals surface area contributed by atoms with Gasteiger partial charge in [-0.05, 0) is 70.5 Å². The average molecular weight is 681 g/mol. The summed E-state index contributed by atoms with van der Waals surface area (Å²) in [7, 11) is 0. The summed E-state index contributed by atoms with van der Waals surface area (Å²) in [6.07, 6.45) is 17.6. The second-order valence-electron chi connectivity index (χ2n) is 12.2. The summed E-state index contributed by atoms with van der Waals surface area (Å²) in [5.41, 5.74) is 20.1. The lowest BCUT2D eigenvalue weighted by molar-refractivity contribution is 0.855. The van der Waals surface area contributed by atoms with E-state index in [0.717, 1.165) is 22.4 Å². The molecule has 0 fully saturated rings. The number of fused-ring (bicyclic) bond motifs is 4. The van der Waals surface area contributed by atoms with E-state index in [2.05, 4.69) is 137 Å². The average Bonchev–Trinajstić information content (AvgIpc) is 3.74.